The first-order valence-corrected chi connectivity index (χ1v) is 23.9. The van der Waals surface area contributed by atoms with E-state index in [0.717, 1.165) is 154 Å². The summed E-state index contributed by atoms with van der Waals surface area (Å²) < 4.78 is 13.1. The largest absolute Gasteiger partial charge is 0.455 e. The summed E-state index contributed by atoms with van der Waals surface area (Å²) in [6, 6.07) is 74.5. The molecule has 0 atom stereocenters. The van der Waals surface area contributed by atoms with Crippen LogP contribution < -0.4 is 0 Å². The molecule has 0 aliphatic heterocycles. The standard InChI is InChI=1S/C66H42N2O2/c1-39-11-3-23-55-57-25-9-21-51(65(57)69-63(39)55)49-19-7-17-45(35-49)41-13-5-15-43(33-41)47-27-29-53-59(37-47)60-38-48(28-30-54(60)62-61(53)67-31-32-68-62)44-16-6-14-42(34-44)46-18-8-20-50(36-46)52-22-10-26-58-56-24-4-12-40(2)64(56)70-66(52)58/h3-38H,1-2H3. The summed E-state index contributed by atoms with van der Waals surface area (Å²) in [6.07, 6.45) is 3.59. The van der Waals surface area contributed by atoms with Crippen LogP contribution in [-0.4, -0.2) is 9.97 Å². The van der Waals surface area contributed by atoms with Crippen molar-refractivity contribution >= 4 is 76.5 Å². The summed E-state index contributed by atoms with van der Waals surface area (Å²) in [5, 5.41) is 9.01. The van der Waals surface area contributed by atoms with Gasteiger partial charge in [0.2, 0.25) is 0 Å². The van der Waals surface area contributed by atoms with Gasteiger partial charge >= 0.3 is 0 Å². The van der Waals surface area contributed by atoms with Gasteiger partial charge in [-0.05, 0) is 128 Å². The highest BCUT2D eigenvalue weighted by molar-refractivity contribution is 6.24. The van der Waals surface area contributed by atoms with Crippen molar-refractivity contribution in [2.75, 3.05) is 0 Å². The Labute approximate surface area is 403 Å². The van der Waals surface area contributed by atoms with Crippen LogP contribution in [-0.2, 0) is 0 Å². The summed E-state index contributed by atoms with van der Waals surface area (Å²) in [7, 11) is 0. The molecule has 0 saturated carbocycles. The third-order valence-corrected chi connectivity index (χ3v) is 14.4. The molecule has 0 fully saturated rings. The van der Waals surface area contributed by atoms with E-state index in [9.17, 15) is 0 Å². The molecule has 0 unspecified atom stereocenters. The van der Waals surface area contributed by atoms with Gasteiger partial charge in [0.15, 0.2) is 0 Å². The van der Waals surface area contributed by atoms with Crippen LogP contribution in [0.4, 0.5) is 0 Å². The fourth-order valence-electron chi connectivity index (χ4n) is 10.9. The van der Waals surface area contributed by atoms with Crippen LogP contribution in [0.25, 0.3) is 143 Å². The van der Waals surface area contributed by atoms with Gasteiger partial charge in [0.1, 0.15) is 22.3 Å². The SMILES string of the molecule is Cc1cccc2c1oc1c(-c3cccc(-c4cccc(-c5ccc6c(c5)c5cc(-c7cccc(-c8cccc(-c9cccc%10c9oc9c(C)cccc9%10)c8)c7)ccc5c5nccnc65)c4)c3)cccc12. The third-order valence-electron chi connectivity index (χ3n) is 14.4. The molecule has 328 valence electrons. The summed E-state index contributed by atoms with van der Waals surface area (Å²) in [5.41, 5.74) is 21.4. The van der Waals surface area contributed by atoms with Crippen LogP contribution >= 0.6 is 0 Å². The van der Waals surface area contributed by atoms with Crippen LogP contribution in [0.5, 0.6) is 0 Å². The van der Waals surface area contributed by atoms with E-state index in [1.165, 1.54) is 0 Å². The van der Waals surface area contributed by atoms with E-state index in [0.29, 0.717) is 0 Å². The quantitative estimate of drug-likeness (QED) is 0.156. The summed E-state index contributed by atoms with van der Waals surface area (Å²) in [4.78, 5) is 9.79. The Morgan fingerprint density at radius 2 is 0.571 bits per heavy atom. The van der Waals surface area contributed by atoms with Gasteiger partial charge in [0.25, 0.3) is 0 Å². The zero-order chi connectivity index (χ0) is 46.5. The van der Waals surface area contributed by atoms with Gasteiger partial charge < -0.3 is 8.83 Å². The van der Waals surface area contributed by atoms with Gasteiger partial charge in [-0.2, -0.15) is 0 Å². The second-order valence-electron chi connectivity index (χ2n) is 18.6. The molecule has 0 radical (unpaired) electrons. The van der Waals surface area contributed by atoms with Crippen molar-refractivity contribution in [1.82, 2.24) is 9.97 Å². The van der Waals surface area contributed by atoms with Gasteiger partial charge in [-0.1, -0.05) is 170 Å². The Morgan fingerprint density at radius 1 is 0.257 bits per heavy atom. The van der Waals surface area contributed by atoms with Crippen molar-refractivity contribution in [3.8, 4) is 66.8 Å². The molecule has 14 rings (SSSR count). The molecule has 0 aliphatic carbocycles. The number of hydrogen-bond acceptors (Lipinski definition) is 4. The highest BCUT2D eigenvalue weighted by Crippen LogP contribution is 2.42. The molecule has 14 aromatic rings. The van der Waals surface area contributed by atoms with Gasteiger partial charge in [-0.25, -0.2) is 0 Å². The van der Waals surface area contributed by atoms with Crippen LogP contribution in [0.15, 0.2) is 227 Å². The molecule has 3 aromatic heterocycles. The Hall–Kier alpha value is -9.12. The van der Waals surface area contributed by atoms with E-state index in [2.05, 4.69) is 220 Å². The monoisotopic (exact) mass is 894 g/mol. The lowest BCUT2D eigenvalue weighted by Crippen LogP contribution is -1.90. The first-order chi connectivity index (χ1) is 34.5. The van der Waals surface area contributed by atoms with Gasteiger partial charge in [0.05, 0.1) is 11.0 Å². The maximum Gasteiger partial charge on any atom is 0.143 e. The van der Waals surface area contributed by atoms with E-state index in [4.69, 9.17) is 18.8 Å². The van der Waals surface area contributed by atoms with Gasteiger partial charge in [-0.3, -0.25) is 9.97 Å². The molecule has 0 aliphatic rings. The highest BCUT2D eigenvalue weighted by Gasteiger charge is 2.18. The van der Waals surface area contributed by atoms with Gasteiger partial charge in [-0.15, -0.1) is 0 Å². The molecule has 0 amide bonds. The Bertz CT molecular complexity index is 4170. The van der Waals surface area contributed by atoms with Crippen LogP contribution in [0.1, 0.15) is 11.1 Å². The lowest BCUT2D eigenvalue weighted by Gasteiger charge is -2.14. The molecule has 4 heteroatoms. The number of furan rings is 2. The number of aromatic nitrogens is 2. The lowest BCUT2D eigenvalue weighted by molar-refractivity contribution is 0.666. The molecule has 0 spiro atoms. The van der Waals surface area contributed by atoms with E-state index >= 15 is 0 Å². The number of aryl methyl sites for hydroxylation is 2. The maximum absolute atomic E-state index is 6.57. The maximum atomic E-state index is 6.57. The highest BCUT2D eigenvalue weighted by atomic mass is 16.3. The van der Waals surface area contributed by atoms with Crippen molar-refractivity contribution in [3.63, 3.8) is 0 Å². The number of nitrogens with zero attached hydrogens (tertiary/aromatic N) is 2. The Kier molecular flexibility index (Phi) is 8.99. The topological polar surface area (TPSA) is 52.1 Å². The predicted molar refractivity (Wildman–Crippen MR) is 291 cm³/mol. The molecular weight excluding hydrogens is 853 g/mol. The van der Waals surface area contributed by atoms with E-state index < -0.39 is 0 Å². The van der Waals surface area contributed by atoms with Crippen molar-refractivity contribution < 1.29 is 8.83 Å². The second-order valence-corrected chi connectivity index (χ2v) is 18.6. The molecule has 0 saturated heterocycles. The molecule has 0 N–H and O–H groups in total. The molecule has 4 nitrogen and oxygen atoms in total. The van der Waals surface area contributed by atoms with Crippen LogP contribution in [0.2, 0.25) is 0 Å². The molecule has 3 heterocycles. The third kappa shape index (κ3) is 6.38. The number of hydrogen-bond donors (Lipinski definition) is 0. The van der Waals surface area contributed by atoms with Crippen molar-refractivity contribution in [2.24, 2.45) is 0 Å². The molecule has 70 heavy (non-hydrogen) atoms. The molecule has 0 bridgehead atoms. The molecular formula is C66H42N2O2. The first-order valence-electron chi connectivity index (χ1n) is 23.9. The van der Waals surface area contributed by atoms with E-state index in [1.54, 1.807) is 12.4 Å². The Balaban J connectivity index is 0.843. The average Bonchev–Trinajstić information content (AvgIpc) is 4.01. The number of rotatable bonds is 6. The fourth-order valence-corrected chi connectivity index (χ4v) is 10.9. The number of para-hydroxylation sites is 4. The normalized spacial score (nSPS) is 11.9. The molecule has 11 aromatic carbocycles. The minimum atomic E-state index is 0.903. The van der Waals surface area contributed by atoms with E-state index in [1.807, 2.05) is 0 Å². The predicted octanol–water partition coefficient (Wildman–Crippen LogP) is 18.4. The van der Waals surface area contributed by atoms with Crippen LogP contribution in [0, 0.1) is 13.8 Å². The lowest BCUT2D eigenvalue weighted by atomic mass is 9.91. The van der Waals surface area contributed by atoms with Crippen molar-refractivity contribution in [1.29, 1.82) is 0 Å². The first kappa shape index (κ1) is 40.0. The average molecular weight is 895 g/mol. The zero-order valence-electron chi connectivity index (χ0n) is 38.5. The van der Waals surface area contributed by atoms with E-state index in [-0.39, 0.29) is 0 Å². The summed E-state index contributed by atoms with van der Waals surface area (Å²) in [6.45, 7) is 4.22. The summed E-state index contributed by atoms with van der Waals surface area (Å²) in [5.74, 6) is 0. The minimum Gasteiger partial charge on any atom is -0.455 e. The van der Waals surface area contributed by atoms with Crippen molar-refractivity contribution in [2.45, 2.75) is 13.8 Å². The smallest absolute Gasteiger partial charge is 0.143 e. The van der Waals surface area contributed by atoms with Crippen molar-refractivity contribution in [3.05, 3.63) is 230 Å². The second kappa shape index (κ2) is 15.7. The Morgan fingerprint density at radius 3 is 0.971 bits per heavy atom. The summed E-state index contributed by atoms with van der Waals surface area (Å²) >= 11 is 0. The minimum absolute atomic E-state index is 0.903. The van der Waals surface area contributed by atoms with Gasteiger partial charge in [0, 0.05) is 55.8 Å². The fraction of sp³-hybridized carbons (Fsp3) is 0.0303. The zero-order valence-corrected chi connectivity index (χ0v) is 38.5. The number of fused-ring (bicyclic) bond motifs is 12. The number of benzene rings is 11. The van der Waals surface area contributed by atoms with Crippen LogP contribution in [0.3, 0.4) is 0 Å².